The fraction of sp³-hybridized carbons (Fsp3) is 0.308. The molecule has 2 aromatic rings. The zero-order valence-electron chi connectivity index (χ0n) is 9.78. The van der Waals surface area contributed by atoms with Gasteiger partial charge in [-0.25, -0.2) is 0 Å². The first-order valence-corrected chi connectivity index (χ1v) is 5.40. The third-order valence-electron chi connectivity index (χ3n) is 2.98. The molecule has 0 aliphatic carbocycles. The summed E-state index contributed by atoms with van der Waals surface area (Å²) in [4.78, 5) is 0. The van der Waals surface area contributed by atoms with E-state index in [9.17, 15) is 5.11 Å². The minimum atomic E-state index is 0.102. The van der Waals surface area contributed by atoms with Crippen molar-refractivity contribution in [2.45, 2.75) is 26.7 Å². The summed E-state index contributed by atoms with van der Waals surface area (Å²) in [5, 5.41) is 16.3. The van der Waals surface area contributed by atoms with Crippen LogP contribution in [0, 0.1) is 13.8 Å². The van der Waals surface area contributed by atoms with Crippen LogP contribution in [0.15, 0.2) is 24.3 Å². The zero-order valence-corrected chi connectivity index (χ0v) is 9.78. The molecular formula is C13H16N2O. The van der Waals surface area contributed by atoms with E-state index in [4.69, 9.17) is 0 Å². The summed E-state index contributed by atoms with van der Waals surface area (Å²) in [5.41, 5.74) is 4.23. The molecule has 1 heterocycles. The predicted octanol–water partition coefficient (Wildman–Crippen LogP) is 2.88. The Morgan fingerprint density at radius 1 is 1.19 bits per heavy atom. The Hall–Kier alpha value is -1.77. The van der Waals surface area contributed by atoms with Crippen molar-refractivity contribution in [1.29, 1.82) is 0 Å². The highest BCUT2D eigenvalue weighted by atomic mass is 16.3. The highest BCUT2D eigenvalue weighted by molar-refractivity contribution is 5.40. The first-order chi connectivity index (χ1) is 7.59. The number of benzene rings is 1. The molecule has 0 aliphatic heterocycles. The Bertz CT molecular complexity index is 466. The van der Waals surface area contributed by atoms with Gasteiger partial charge in [0.25, 0.3) is 0 Å². The van der Waals surface area contributed by atoms with Crippen molar-refractivity contribution >= 4 is 0 Å². The summed E-state index contributed by atoms with van der Waals surface area (Å²) < 4.78 is 0. The van der Waals surface area contributed by atoms with Gasteiger partial charge in [-0.2, -0.15) is 0 Å². The van der Waals surface area contributed by atoms with Crippen LogP contribution in [0.3, 0.4) is 0 Å². The van der Waals surface area contributed by atoms with E-state index in [-0.39, 0.29) is 11.8 Å². The Labute approximate surface area is 95.1 Å². The molecule has 0 saturated carbocycles. The lowest BCUT2D eigenvalue weighted by Gasteiger charge is -2.11. The first kappa shape index (κ1) is 10.7. The summed E-state index contributed by atoms with van der Waals surface area (Å²) in [6.45, 7) is 6.06. The molecule has 16 heavy (non-hydrogen) atoms. The average molecular weight is 216 g/mol. The number of H-pyrrole nitrogens is 1. The fourth-order valence-corrected chi connectivity index (χ4v) is 1.97. The summed E-state index contributed by atoms with van der Waals surface area (Å²) in [6.07, 6.45) is 0. The monoisotopic (exact) mass is 216 g/mol. The van der Waals surface area contributed by atoms with Crippen molar-refractivity contribution in [2.24, 2.45) is 0 Å². The average Bonchev–Trinajstić information content (AvgIpc) is 2.59. The number of aryl methyl sites for hydroxylation is 2. The highest BCUT2D eigenvalue weighted by Gasteiger charge is 2.17. The van der Waals surface area contributed by atoms with Gasteiger partial charge < -0.3 is 5.11 Å². The Kier molecular flexibility index (Phi) is 2.69. The molecule has 1 atom stereocenters. The third kappa shape index (κ3) is 1.81. The topological polar surface area (TPSA) is 48.9 Å². The van der Waals surface area contributed by atoms with Crippen LogP contribution < -0.4 is 0 Å². The SMILES string of the molecule is Cc1ccc(C(C)c2c(O)n[nH]c2C)cc1. The van der Waals surface area contributed by atoms with Crippen LogP contribution in [0.2, 0.25) is 0 Å². The van der Waals surface area contributed by atoms with Gasteiger partial charge in [0.1, 0.15) is 0 Å². The van der Waals surface area contributed by atoms with Gasteiger partial charge in [-0.3, -0.25) is 5.10 Å². The van der Waals surface area contributed by atoms with Gasteiger partial charge in [-0.1, -0.05) is 36.8 Å². The number of nitrogens with zero attached hydrogens (tertiary/aromatic N) is 1. The minimum Gasteiger partial charge on any atom is -0.492 e. The Balaban J connectivity index is 2.39. The van der Waals surface area contributed by atoms with Crippen LogP contribution in [0.25, 0.3) is 0 Å². The molecule has 2 N–H and O–H groups in total. The van der Waals surface area contributed by atoms with E-state index in [0.717, 1.165) is 11.3 Å². The van der Waals surface area contributed by atoms with Crippen molar-refractivity contribution in [1.82, 2.24) is 10.2 Å². The Morgan fingerprint density at radius 3 is 2.31 bits per heavy atom. The molecule has 0 spiro atoms. The fourth-order valence-electron chi connectivity index (χ4n) is 1.97. The van der Waals surface area contributed by atoms with Gasteiger partial charge in [-0.05, 0) is 19.4 Å². The van der Waals surface area contributed by atoms with E-state index < -0.39 is 0 Å². The molecule has 2 rings (SSSR count). The van der Waals surface area contributed by atoms with Gasteiger partial charge in [-0.15, -0.1) is 5.10 Å². The number of aromatic nitrogens is 2. The zero-order chi connectivity index (χ0) is 11.7. The van der Waals surface area contributed by atoms with Crippen LogP contribution in [-0.2, 0) is 0 Å². The minimum absolute atomic E-state index is 0.102. The smallest absolute Gasteiger partial charge is 0.234 e. The number of aromatic amines is 1. The van der Waals surface area contributed by atoms with Crippen molar-refractivity contribution in [3.05, 3.63) is 46.6 Å². The molecule has 0 radical (unpaired) electrons. The second-order valence-electron chi connectivity index (χ2n) is 4.22. The van der Waals surface area contributed by atoms with Crippen LogP contribution in [0.5, 0.6) is 5.88 Å². The van der Waals surface area contributed by atoms with Crippen molar-refractivity contribution in [2.75, 3.05) is 0 Å². The number of rotatable bonds is 2. The van der Waals surface area contributed by atoms with Crippen molar-refractivity contribution in [3.8, 4) is 5.88 Å². The maximum atomic E-state index is 9.68. The number of hydrogen-bond donors (Lipinski definition) is 2. The standard InChI is InChI=1S/C13H16N2O/c1-8-4-6-11(7-5-8)9(2)12-10(3)14-15-13(12)16/h4-7,9H,1-3H3,(H2,14,15,16). The first-order valence-electron chi connectivity index (χ1n) is 5.40. The molecular weight excluding hydrogens is 200 g/mol. The third-order valence-corrected chi connectivity index (χ3v) is 2.98. The molecule has 3 nitrogen and oxygen atoms in total. The summed E-state index contributed by atoms with van der Waals surface area (Å²) in [5.74, 6) is 0.255. The second-order valence-corrected chi connectivity index (χ2v) is 4.22. The van der Waals surface area contributed by atoms with Crippen molar-refractivity contribution in [3.63, 3.8) is 0 Å². The molecule has 0 saturated heterocycles. The molecule has 0 bridgehead atoms. The summed E-state index contributed by atoms with van der Waals surface area (Å²) in [6, 6.07) is 8.34. The van der Waals surface area contributed by atoms with E-state index in [2.05, 4.69) is 48.3 Å². The van der Waals surface area contributed by atoms with E-state index in [1.807, 2.05) is 6.92 Å². The second kappa shape index (κ2) is 4.00. The van der Waals surface area contributed by atoms with Crippen LogP contribution in [0.4, 0.5) is 0 Å². The molecule has 0 aliphatic rings. The van der Waals surface area contributed by atoms with Gasteiger partial charge in [0.05, 0.1) is 0 Å². The normalized spacial score (nSPS) is 12.7. The molecule has 0 amide bonds. The number of nitrogens with one attached hydrogen (secondary N) is 1. The lowest BCUT2D eigenvalue weighted by molar-refractivity contribution is 0.444. The van der Waals surface area contributed by atoms with Gasteiger partial charge in [0, 0.05) is 17.2 Å². The van der Waals surface area contributed by atoms with Crippen LogP contribution in [0.1, 0.15) is 35.2 Å². The maximum absolute atomic E-state index is 9.68. The Morgan fingerprint density at radius 2 is 1.81 bits per heavy atom. The summed E-state index contributed by atoms with van der Waals surface area (Å²) >= 11 is 0. The lowest BCUT2D eigenvalue weighted by Crippen LogP contribution is -1.97. The van der Waals surface area contributed by atoms with E-state index in [1.165, 1.54) is 11.1 Å². The molecule has 1 aromatic heterocycles. The van der Waals surface area contributed by atoms with Crippen LogP contribution in [-0.4, -0.2) is 15.3 Å². The molecule has 84 valence electrons. The maximum Gasteiger partial charge on any atom is 0.234 e. The van der Waals surface area contributed by atoms with Crippen molar-refractivity contribution < 1.29 is 5.11 Å². The molecule has 1 aromatic carbocycles. The van der Waals surface area contributed by atoms with Crippen LogP contribution >= 0.6 is 0 Å². The quantitative estimate of drug-likeness (QED) is 0.811. The van der Waals surface area contributed by atoms with Gasteiger partial charge >= 0.3 is 0 Å². The predicted molar refractivity (Wildman–Crippen MR) is 63.7 cm³/mol. The molecule has 1 unspecified atom stereocenters. The summed E-state index contributed by atoms with van der Waals surface area (Å²) in [7, 11) is 0. The highest BCUT2D eigenvalue weighted by Crippen LogP contribution is 2.31. The van der Waals surface area contributed by atoms with Gasteiger partial charge in [0.2, 0.25) is 5.88 Å². The van der Waals surface area contributed by atoms with E-state index in [0.29, 0.717) is 0 Å². The molecule has 0 fully saturated rings. The largest absolute Gasteiger partial charge is 0.492 e. The molecule has 3 heteroatoms. The number of hydrogen-bond acceptors (Lipinski definition) is 2. The van der Waals surface area contributed by atoms with E-state index in [1.54, 1.807) is 0 Å². The lowest BCUT2D eigenvalue weighted by atomic mass is 9.93. The van der Waals surface area contributed by atoms with E-state index >= 15 is 0 Å². The number of aromatic hydroxyl groups is 1. The van der Waals surface area contributed by atoms with Gasteiger partial charge in [0.15, 0.2) is 0 Å².